The van der Waals surface area contributed by atoms with E-state index in [-0.39, 0.29) is 5.91 Å². The first-order chi connectivity index (χ1) is 8.75. The van der Waals surface area contributed by atoms with Crippen LogP contribution >= 0.6 is 11.3 Å². The van der Waals surface area contributed by atoms with Gasteiger partial charge in [0, 0.05) is 32.4 Å². The number of carbonyl (C=O) groups is 1. The highest BCUT2D eigenvalue weighted by atomic mass is 32.1. The maximum atomic E-state index is 12.0. The lowest BCUT2D eigenvalue weighted by Crippen LogP contribution is -2.26. The number of amides is 1. The molecule has 18 heavy (non-hydrogen) atoms. The Morgan fingerprint density at radius 1 is 1.28 bits per heavy atom. The van der Waals surface area contributed by atoms with E-state index in [1.54, 1.807) is 28.6 Å². The quantitative estimate of drug-likeness (QED) is 0.828. The molecule has 0 radical (unpaired) electrons. The van der Waals surface area contributed by atoms with Crippen molar-refractivity contribution in [1.29, 1.82) is 0 Å². The number of hydrogen-bond donors (Lipinski definition) is 0. The molecule has 0 spiro atoms. The lowest BCUT2D eigenvalue weighted by molar-refractivity contribution is -0.130. The van der Waals surface area contributed by atoms with Crippen LogP contribution in [0.2, 0.25) is 0 Å². The van der Waals surface area contributed by atoms with Crippen LogP contribution in [-0.4, -0.2) is 22.8 Å². The predicted molar refractivity (Wildman–Crippen MR) is 73.4 cm³/mol. The lowest BCUT2D eigenvalue weighted by atomic mass is 10.1. The summed E-state index contributed by atoms with van der Waals surface area (Å²) < 4.78 is 0. The van der Waals surface area contributed by atoms with Crippen LogP contribution < -0.4 is 0 Å². The molecule has 0 aliphatic heterocycles. The molecule has 3 nitrogen and oxygen atoms in total. The van der Waals surface area contributed by atoms with Crippen molar-refractivity contribution in [3.63, 3.8) is 0 Å². The van der Waals surface area contributed by atoms with Gasteiger partial charge in [0.05, 0.1) is 0 Å². The normalized spacial score (nSPS) is 10.3. The molecule has 0 saturated carbocycles. The zero-order valence-corrected chi connectivity index (χ0v) is 11.2. The van der Waals surface area contributed by atoms with Gasteiger partial charge in [0.2, 0.25) is 5.91 Å². The molecular formula is C14H16N2OS. The predicted octanol–water partition coefficient (Wildman–Crippen LogP) is 2.73. The number of aromatic nitrogens is 1. The van der Waals surface area contributed by atoms with Crippen molar-refractivity contribution < 1.29 is 4.79 Å². The minimum absolute atomic E-state index is 0.179. The summed E-state index contributed by atoms with van der Waals surface area (Å²) in [5.41, 5.74) is 2.35. The Morgan fingerprint density at radius 2 is 2.06 bits per heavy atom. The Morgan fingerprint density at radius 3 is 2.72 bits per heavy atom. The van der Waals surface area contributed by atoms with Crippen LogP contribution in [0, 0.1) is 0 Å². The molecule has 94 valence electrons. The molecule has 0 N–H and O–H groups in total. The van der Waals surface area contributed by atoms with E-state index in [0.29, 0.717) is 13.0 Å². The van der Waals surface area contributed by atoms with E-state index in [1.807, 2.05) is 24.6 Å². The summed E-state index contributed by atoms with van der Waals surface area (Å²) in [7, 11) is 1.84. The SMILES string of the molecule is CN(Cc1ccncc1)C(=O)CCc1ccsc1. The van der Waals surface area contributed by atoms with Crippen LogP contribution in [0.5, 0.6) is 0 Å². The molecule has 2 rings (SSSR count). The number of nitrogens with zero attached hydrogens (tertiary/aromatic N) is 2. The van der Waals surface area contributed by atoms with Crippen molar-refractivity contribution in [2.24, 2.45) is 0 Å². The minimum Gasteiger partial charge on any atom is -0.341 e. The number of thiophene rings is 1. The fourth-order valence-electron chi connectivity index (χ4n) is 1.73. The van der Waals surface area contributed by atoms with Crippen molar-refractivity contribution in [3.05, 3.63) is 52.5 Å². The molecule has 2 aromatic heterocycles. The molecule has 2 heterocycles. The van der Waals surface area contributed by atoms with E-state index in [4.69, 9.17) is 0 Å². The third-order valence-corrected chi connectivity index (χ3v) is 3.53. The van der Waals surface area contributed by atoms with E-state index in [9.17, 15) is 4.79 Å². The minimum atomic E-state index is 0.179. The monoisotopic (exact) mass is 260 g/mol. The van der Waals surface area contributed by atoms with Crippen LogP contribution in [0.1, 0.15) is 17.5 Å². The molecule has 0 aliphatic rings. The lowest BCUT2D eigenvalue weighted by Gasteiger charge is -2.17. The summed E-state index contributed by atoms with van der Waals surface area (Å²) in [5.74, 6) is 0.179. The Balaban J connectivity index is 1.82. The van der Waals surface area contributed by atoms with E-state index in [2.05, 4.69) is 16.4 Å². The second-order valence-corrected chi connectivity index (χ2v) is 5.02. The summed E-state index contributed by atoms with van der Waals surface area (Å²) >= 11 is 1.67. The molecule has 0 saturated heterocycles. The first-order valence-electron chi connectivity index (χ1n) is 5.89. The van der Waals surface area contributed by atoms with Gasteiger partial charge in [-0.2, -0.15) is 11.3 Å². The van der Waals surface area contributed by atoms with Crippen molar-refractivity contribution in [3.8, 4) is 0 Å². The topological polar surface area (TPSA) is 33.2 Å². The smallest absolute Gasteiger partial charge is 0.222 e. The summed E-state index contributed by atoms with van der Waals surface area (Å²) in [4.78, 5) is 17.7. The van der Waals surface area contributed by atoms with Crippen molar-refractivity contribution >= 4 is 17.2 Å². The summed E-state index contributed by atoms with van der Waals surface area (Å²) in [5, 5.41) is 4.14. The number of rotatable bonds is 5. The third kappa shape index (κ3) is 3.67. The molecule has 0 aliphatic carbocycles. The van der Waals surface area contributed by atoms with Gasteiger partial charge in [-0.3, -0.25) is 9.78 Å². The Labute approximate surface area is 111 Å². The van der Waals surface area contributed by atoms with Gasteiger partial charge in [0.15, 0.2) is 0 Å². The van der Waals surface area contributed by atoms with E-state index >= 15 is 0 Å². The van der Waals surface area contributed by atoms with Gasteiger partial charge in [-0.25, -0.2) is 0 Å². The molecule has 0 fully saturated rings. The third-order valence-electron chi connectivity index (χ3n) is 2.80. The average molecular weight is 260 g/mol. The van der Waals surface area contributed by atoms with Gasteiger partial charge in [-0.1, -0.05) is 0 Å². The molecule has 0 unspecified atom stereocenters. The van der Waals surface area contributed by atoms with E-state index in [0.717, 1.165) is 12.0 Å². The highest BCUT2D eigenvalue weighted by Crippen LogP contribution is 2.10. The highest BCUT2D eigenvalue weighted by Gasteiger charge is 2.09. The fourth-order valence-corrected chi connectivity index (χ4v) is 2.43. The second kappa shape index (κ2) is 6.31. The first kappa shape index (κ1) is 12.8. The molecule has 0 atom stereocenters. The number of aryl methyl sites for hydroxylation is 1. The van der Waals surface area contributed by atoms with E-state index in [1.165, 1.54) is 5.56 Å². The van der Waals surface area contributed by atoms with Gasteiger partial charge in [0.1, 0.15) is 0 Å². The van der Waals surface area contributed by atoms with Crippen LogP contribution in [0.3, 0.4) is 0 Å². The van der Waals surface area contributed by atoms with Crippen molar-refractivity contribution in [1.82, 2.24) is 9.88 Å². The summed E-state index contributed by atoms with van der Waals surface area (Å²) in [6.07, 6.45) is 4.89. The van der Waals surface area contributed by atoms with Crippen LogP contribution in [-0.2, 0) is 17.8 Å². The Bertz CT molecular complexity index is 482. The van der Waals surface area contributed by atoms with Crippen molar-refractivity contribution in [2.75, 3.05) is 7.05 Å². The standard InChI is InChI=1S/C14H16N2OS/c1-16(10-12-4-7-15-8-5-12)14(17)3-2-13-6-9-18-11-13/h4-9,11H,2-3,10H2,1H3. The molecule has 1 amide bonds. The highest BCUT2D eigenvalue weighted by molar-refractivity contribution is 7.07. The van der Waals surface area contributed by atoms with E-state index < -0.39 is 0 Å². The van der Waals surface area contributed by atoms with Gasteiger partial charge >= 0.3 is 0 Å². The van der Waals surface area contributed by atoms with Gasteiger partial charge in [0.25, 0.3) is 0 Å². The maximum absolute atomic E-state index is 12.0. The summed E-state index contributed by atoms with van der Waals surface area (Å²) in [6, 6.07) is 5.94. The molecular weight excluding hydrogens is 244 g/mol. The van der Waals surface area contributed by atoms with Gasteiger partial charge in [-0.05, 0) is 46.5 Å². The second-order valence-electron chi connectivity index (χ2n) is 4.24. The Hall–Kier alpha value is -1.68. The average Bonchev–Trinajstić information content (AvgIpc) is 2.90. The first-order valence-corrected chi connectivity index (χ1v) is 6.84. The molecule has 2 aromatic rings. The zero-order valence-electron chi connectivity index (χ0n) is 10.4. The van der Waals surface area contributed by atoms with Crippen LogP contribution in [0.4, 0.5) is 0 Å². The van der Waals surface area contributed by atoms with Crippen molar-refractivity contribution in [2.45, 2.75) is 19.4 Å². The van der Waals surface area contributed by atoms with Gasteiger partial charge in [-0.15, -0.1) is 0 Å². The van der Waals surface area contributed by atoms with Crippen LogP contribution in [0.15, 0.2) is 41.4 Å². The molecule has 4 heteroatoms. The number of pyridine rings is 1. The van der Waals surface area contributed by atoms with Gasteiger partial charge < -0.3 is 4.90 Å². The number of hydrogen-bond acceptors (Lipinski definition) is 3. The molecule has 0 aromatic carbocycles. The Kier molecular flexibility index (Phi) is 4.47. The maximum Gasteiger partial charge on any atom is 0.222 e. The largest absolute Gasteiger partial charge is 0.341 e. The molecule has 0 bridgehead atoms. The summed E-state index contributed by atoms with van der Waals surface area (Å²) in [6.45, 7) is 0.644. The zero-order chi connectivity index (χ0) is 12.8. The van der Waals surface area contributed by atoms with Crippen LogP contribution in [0.25, 0.3) is 0 Å². The number of carbonyl (C=O) groups excluding carboxylic acids is 1. The fraction of sp³-hybridized carbons (Fsp3) is 0.286.